The van der Waals surface area contributed by atoms with E-state index in [1.54, 1.807) is 0 Å². The molecule has 6 heteroatoms. The maximum atomic E-state index is 12.3. The highest BCUT2D eigenvalue weighted by atomic mass is 16.6. The number of hydrogen-bond acceptors (Lipinski definition) is 5. The summed E-state index contributed by atoms with van der Waals surface area (Å²) < 4.78 is 11.1. The molecule has 3 fully saturated rings. The number of amides is 1. The van der Waals surface area contributed by atoms with Crippen LogP contribution < -0.4 is 10.9 Å². The smallest absolute Gasteiger partial charge is 0.410 e. The first kappa shape index (κ1) is 12.2. The molecule has 2 unspecified atom stereocenters. The number of nitrogens with one attached hydrogen (secondary N) is 2. The average Bonchev–Trinajstić information content (AvgIpc) is 2.93. The van der Waals surface area contributed by atoms with Gasteiger partial charge >= 0.3 is 6.09 Å². The standard InChI is InChI=1S/C12H21N3O3/c1-11(2,3)18-10(16)15-8-4-12(13-14-12)5-9(15)7-17-6-8/h8-9,13-14H,4-7H2,1-3H3. The molecule has 0 aromatic heterocycles. The molecule has 0 aromatic rings. The molecule has 2 N–H and O–H groups in total. The van der Waals surface area contributed by atoms with Gasteiger partial charge in [0.05, 0.1) is 31.0 Å². The van der Waals surface area contributed by atoms with E-state index in [-0.39, 0.29) is 23.8 Å². The summed E-state index contributed by atoms with van der Waals surface area (Å²) in [5.74, 6) is 0. The summed E-state index contributed by atoms with van der Waals surface area (Å²) in [6.45, 7) is 6.88. The summed E-state index contributed by atoms with van der Waals surface area (Å²) >= 11 is 0. The van der Waals surface area contributed by atoms with E-state index in [2.05, 4.69) is 10.9 Å². The van der Waals surface area contributed by atoms with Crippen molar-refractivity contribution in [1.29, 1.82) is 0 Å². The van der Waals surface area contributed by atoms with Gasteiger partial charge in [-0.05, 0) is 20.8 Å². The molecule has 3 rings (SSSR count). The Morgan fingerprint density at radius 1 is 1.28 bits per heavy atom. The van der Waals surface area contributed by atoms with Crippen LogP contribution in [-0.2, 0) is 9.47 Å². The molecule has 18 heavy (non-hydrogen) atoms. The maximum Gasteiger partial charge on any atom is 0.410 e. The fraction of sp³-hybridized carbons (Fsp3) is 0.917. The molecule has 0 aromatic carbocycles. The van der Waals surface area contributed by atoms with Crippen molar-refractivity contribution in [2.24, 2.45) is 0 Å². The van der Waals surface area contributed by atoms with E-state index in [1.165, 1.54) is 0 Å². The zero-order valence-corrected chi connectivity index (χ0v) is 11.2. The van der Waals surface area contributed by atoms with Crippen molar-refractivity contribution in [3.05, 3.63) is 0 Å². The number of morpholine rings is 1. The molecule has 1 amide bonds. The van der Waals surface area contributed by atoms with Gasteiger partial charge in [-0.1, -0.05) is 0 Å². The van der Waals surface area contributed by atoms with Crippen molar-refractivity contribution in [1.82, 2.24) is 15.8 Å². The number of ether oxygens (including phenoxy) is 2. The Labute approximate surface area is 107 Å². The van der Waals surface area contributed by atoms with Gasteiger partial charge in [-0.2, -0.15) is 0 Å². The predicted molar refractivity (Wildman–Crippen MR) is 64.7 cm³/mol. The first-order valence-electron chi connectivity index (χ1n) is 6.52. The van der Waals surface area contributed by atoms with Crippen molar-refractivity contribution in [2.45, 2.75) is 57.0 Å². The second kappa shape index (κ2) is 3.82. The van der Waals surface area contributed by atoms with Crippen molar-refractivity contribution in [3.8, 4) is 0 Å². The largest absolute Gasteiger partial charge is 0.444 e. The van der Waals surface area contributed by atoms with Gasteiger partial charge in [-0.15, -0.1) is 0 Å². The van der Waals surface area contributed by atoms with Crippen molar-refractivity contribution >= 4 is 6.09 Å². The first-order chi connectivity index (χ1) is 8.39. The minimum Gasteiger partial charge on any atom is -0.444 e. The molecule has 1 spiro atoms. The van der Waals surface area contributed by atoms with Crippen LogP contribution in [0.3, 0.4) is 0 Å². The van der Waals surface area contributed by atoms with Crippen LogP contribution >= 0.6 is 0 Å². The zero-order valence-electron chi connectivity index (χ0n) is 11.2. The number of piperidine rings is 1. The van der Waals surface area contributed by atoms with Crippen molar-refractivity contribution in [2.75, 3.05) is 13.2 Å². The number of hydrogen-bond donors (Lipinski definition) is 2. The highest BCUT2D eigenvalue weighted by Gasteiger charge is 2.55. The Bertz CT molecular complexity index is 346. The number of hydrazine groups is 1. The molecule has 0 aliphatic carbocycles. The highest BCUT2D eigenvalue weighted by Crippen LogP contribution is 2.37. The Morgan fingerprint density at radius 2 is 1.83 bits per heavy atom. The second-order valence-corrected chi connectivity index (χ2v) is 6.47. The lowest BCUT2D eigenvalue weighted by Gasteiger charge is -2.47. The van der Waals surface area contributed by atoms with Gasteiger partial charge in [-0.25, -0.2) is 15.6 Å². The number of carbonyl (C=O) groups excluding carboxylic acids is 1. The molecular weight excluding hydrogens is 234 g/mol. The van der Waals surface area contributed by atoms with Crippen LogP contribution in [0.25, 0.3) is 0 Å². The van der Waals surface area contributed by atoms with Crippen LogP contribution in [0.1, 0.15) is 33.6 Å². The minimum atomic E-state index is -0.447. The number of nitrogens with zero attached hydrogens (tertiary/aromatic N) is 1. The van der Waals surface area contributed by atoms with Gasteiger partial charge in [0.1, 0.15) is 5.60 Å². The predicted octanol–water partition coefficient (Wildman–Crippen LogP) is 0.589. The SMILES string of the molecule is CC(C)(C)OC(=O)N1C2COCC1CC1(C2)NN1. The van der Waals surface area contributed by atoms with Crippen LogP contribution in [0.5, 0.6) is 0 Å². The third kappa shape index (κ3) is 2.20. The average molecular weight is 255 g/mol. The van der Waals surface area contributed by atoms with Gasteiger partial charge < -0.3 is 9.47 Å². The van der Waals surface area contributed by atoms with E-state index < -0.39 is 5.60 Å². The summed E-state index contributed by atoms with van der Waals surface area (Å²) in [5.41, 5.74) is 6.00. The summed E-state index contributed by atoms with van der Waals surface area (Å²) in [4.78, 5) is 14.1. The monoisotopic (exact) mass is 255 g/mol. The van der Waals surface area contributed by atoms with Crippen LogP contribution in [0.2, 0.25) is 0 Å². The summed E-state index contributed by atoms with van der Waals surface area (Å²) in [6.07, 6.45) is 1.54. The Balaban J connectivity index is 1.73. The van der Waals surface area contributed by atoms with E-state index >= 15 is 0 Å². The zero-order chi connectivity index (χ0) is 13.0. The number of carbonyl (C=O) groups is 1. The maximum absolute atomic E-state index is 12.3. The van der Waals surface area contributed by atoms with E-state index in [0.717, 1.165) is 12.8 Å². The van der Waals surface area contributed by atoms with Gasteiger partial charge in [0.15, 0.2) is 0 Å². The molecule has 6 nitrogen and oxygen atoms in total. The summed E-state index contributed by atoms with van der Waals surface area (Å²) in [7, 11) is 0. The topological polar surface area (TPSA) is 82.6 Å². The highest BCUT2D eigenvalue weighted by molar-refractivity contribution is 5.69. The van der Waals surface area contributed by atoms with Crippen LogP contribution in [0.15, 0.2) is 0 Å². The summed E-state index contributed by atoms with van der Waals surface area (Å²) in [6, 6.07) is 0.213. The van der Waals surface area contributed by atoms with Crippen LogP contribution in [0.4, 0.5) is 4.79 Å². The fourth-order valence-electron chi connectivity index (χ4n) is 2.91. The first-order valence-corrected chi connectivity index (χ1v) is 6.52. The lowest BCUT2D eigenvalue weighted by atomic mass is 9.88. The number of fused-ring (bicyclic) bond motifs is 2. The molecule has 3 aliphatic heterocycles. The molecular formula is C12H21N3O3. The Hall–Kier alpha value is -0.850. The molecule has 2 atom stereocenters. The molecule has 3 heterocycles. The van der Waals surface area contributed by atoms with Gasteiger partial charge in [0, 0.05) is 12.8 Å². The molecule has 3 aliphatic rings. The Morgan fingerprint density at radius 3 is 2.28 bits per heavy atom. The van der Waals surface area contributed by atoms with Gasteiger partial charge in [0.2, 0.25) is 0 Å². The van der Waals surface area contributed by atoms with Crippen molar-refractivity contribution < 1.29 is 14.3 Å². The van der Waals surface area contributed by atoms with E-state index in [1.807, 2.05) is 25.7 Å². The molecule has 3 saturated heterocycles. The second-order valence-electron chi connectivity index (χ2n) is 6.47. The normalized spacial score (nSPS) is 33.4. The van der Waals surface area contributed by atoms with Crippen molar-refractivity contribution in [3.63, 3.8) is 0 Å². The van der Waals surface area contributed by atoms with Gasteiger partial charge in [-0.3, -0.25) is 4.90 Å². The quantitative estimate of drug-likeness (QED) is 0.619. The van der Waals surface area contributed by atoms with Crippen LogP contribution in [-0.4, -0.2) is 47.6 Å². The lowest BCUT2D eigenvalue weighted by molar-refractivity contribution is -0.0858. The van der Waals surface area contributed by atoms with E-state index in [0.29, 0.717) is 13.2 Å². The number of rotatable bonds is 0. The lowest BCUT2D eigenvalue weighted by Crippen LogP contribution is -2.62. The van der Waals surface area contributed by atoms with Crippen LogP contribution in [0, 0.1) is 0 Å². The van der Waals surface area contributed by atoms with Gasteiger partial charge in [0.25, 0.3) is 0 Å². The molecule has 2 bridgehead atoms. The fourth-order valence-corrected chi connectivity index (χ4v) is 2.91. The summed E-state index contributed by atoms with van der Waals surface area (Å²) in [5, 5.41) is 0. The minimum absolute atomic E-state index is 0.0393. The Kier molecular flexibility index (Phi) is 2.59. The molecule has 102 valence electrons. The third-order valence-electron chi connectivity index (χ3n) is 3.66. The molecule has 0 radical (unpaired) electrons. The van der Waals surface area contributed by atoms with E-state index in [4.69, 9.17) is 9.47 Å². The van der Waals surface area contributed by atoms with E-state index in [9.17, 15) is 4.79 Å². The molecule has 0 saturated carbocycles. The third-order valence-corrected chi connectivity index (χ3v) is 3.66.